The van der Waals surface area contributed by atoms with Crippen molar-refractivity contribution in [3.8, 4) is 0 Å². The Kier molecular flexibility index (Phi) is 6.62. The maximum Gasteiger partial charge on any atom is 0.167 e. The summed E-state index contributed by atoms with van der Waals surface area (Å²) in [6, 6.07) is 9.99. The summed E-state index contributed by atoms with van der Waals surface area (Å²) in [6.45, 7) is 7.54. The van der Waals surface area contributed by atoms with Crippen LogP contribution >= 0.6 is 0 Å². The van der Waals surface area contributed by atoms with E-state index in [1.54, 1.807) is 21.1 Å². The zero-order valence-corrected chi connectivity index (χ0v) is 12.8. The van der Waals surface area contributed by atoms with E-state index in [9.17, 15) is 4.79 Å². The summed E-state index contributed by atoms with van der Waals surface area (Å²) in [6.07, 6.45) is 0.189. The molecule has 0 aromatic heterocycles. The number of methoxy groups -OCH3 is 2. The fraction of sp³-hybridized carbons (Fsp3) is 0.471. The molecular weight excluding hydrogens is 252 g/mol. The van der Waals surface area contributed by atoms with Gasteiger partial charge in [-0.3, -0.25) is 4.79 Å². The predicted octanol–water partition coefficient (Wildman–Crippen LogP) is 3.56. The van der Waals surface area contributed by atoms with Gasteiger partial charge in [0.2, 0.25) is 0 Å². The molecule has 1 rings (SSSR count). The second-order valence-corrected chi connectivity index (χ2v) is 5.15. The van der Waals surface area contributed by atoms with Gasteiger partial charge in [-0.05, 0) is 25.8 Å². The molecule has 0 fully saturated rings. The maximum atomic E-state index is 12.1. The van der Waals surface area contributed by atoms with Gasteiger partial charge in [-0.15, -0.1) is 6.58 Å². The summed E-state index contributed by atoms with van der Waals surface area (Å²) in [5.74, 6) is -0.269. The van der Waals surface area contributed by atoms with Gasteiger partial charge in [0.05, 0.1) is 5.92 Å². The summed E-state index contributed by atoms with van der Waals surface area (Å²) < 4.78 is 10.7. The minimum Gasteiger partial charge on any atom is -0.355 e. The first-order valence-corrected chi connectivity index (χ1v) is 6.76. The minimum atomic E-state index is -0.544. The van der Waals surface area contributed by atoms with Gasteiger partial charge in [-0.2, -0.15) is 0 Å². The Balaban J connectivity index is 3.18. The third-order valence-corrected chi connectivity index (χ3v) is 3.46. The van der Waals surface area contributed by atoms with Crippen molar-refractivity contribution >= 4 is 5.78 Å². The molecule has 110 valence electrons. The molecule has 0 aliphatic carbocycles. The minimum absolute atomic E-state index is 0.0103. The number of allylic oxidation sites excluding steroid dienone is 1. The van der Waals surface area contributed by atoms with Crippen LogP contribution in [0.2, 0.25) is 0 Å². The molecular formula is C17H24O3. The largest absolute Gasteiger partial charge is 0.355 e. The monoisotopic (exact) mass is 276 g/mol. The molecule has 2 unspecified atom stereocenters. The lowest BCUT2D eigenvalue weighted by Crippen LogP contribution is -2.35. The molecule has 0 amide bonds. The second-order valence-electron chi connectivity index (χ2n) is 5.15. The molecule has 3 nitrogen and oxygen atoms in total. The Morgan fingerprint density at radius 1 is 1.15 bits per heavy atom. The number of rotatable bonds is 8. The lowest BCUT2D eigenvalue weighted by atomic mass is 9.79. The topological polar surface area (TPSA) is 35.5 Å². The number of benzene rings is 1. The Labute approximate surface area is 121 Å². The summed E-state index contributed by atoms with van der Waals surface area (Å²) in [5, 5.41) is 0. The molecule has 1 aromatic rings. The molecule has 0 saturated heterocycles. The molecule has 0 aliphatic rings. The molecule has 2 atom stereocenters. The van der Waals surface area contributed by atoms with Gasteiger partial charge < -0.3 is 9.47 Å². The molecule has 0 radical (unpaired) electrons. The van der Waals surface area contributed by atoms with Crippen LogP contribution in [0.1, 0.15) is 31.7 Å². The highest BCUT2D eigenvalue weighted by Gasteiger charge is 2.34. The molecule has 0 aliphatic heterocycles. The van der Waals surface area contributed by atoms with Crippen LogP contribution in [0.25, 0.3) is 0 Å². The van der Waals surface area contributed by atoms with Crippen molar-refractivity contribution in [2.24, 2.45) is 5.92 Å². The first-order chi connectivity index (χ1) is 9.51. The normalized spacial score (nSPS) is 14.1. The van der Waals surface area contributed by atoms with E-state index in [-0.39, 0.29) is 17.6 Å². The van der Waals surface area contributed by atoms with Gasteiger partial charge in [-0.25, -0.2) is 0 Å². The molecule has 0 spiro atoms. The smallest absolute Gasteiger partial charge is 0.167 e. The van der Waals surface area contributed by atoms with Gasteiger partial charge in [0.1, 0.15) is 5.78 Å². The molecule has 0 N–H and O–H groups in total. The quantitative estimate of drug-likeness (QED) is 0.538. The fourth-order valence-corrected chi connectivity index (χ4v) is 2.58. The highest BCUT2D eigenvalue weighted by Crippen LogP contribution is 2.34. The van der Waals surface area contributed by atoms with Crippen molar-refractivity contribution in [3.05, 3.63) is 48.0 Å². The van der Waals surface area contributed by atoms with Crippen LogP contribution in [-0.4, -0.2) is 26.3 Å². The lowest BCUT2D eigenvalue weighted by Gasteiger charge is -2.31. The van der Waals surface area contributed by atoms with E-state index in [1.807, 2.05) is 37.3 Å². The second kappa shape index (κ2) is 7.98. The van der Waals surface area contributed by atoms with Crippen LogP contribution in [0.5, 0.6) is 0 Å². The van der Waals surface area contributed by atoms with Crippen LogP contribution < -0.4 is 0 Å². The fourth-order valence-electron chi connectivity index (χ4n) is 2.58. The number of ether oxygens (including phenoxy) is 2. The zero-order chi connectivity index (χ0) is 15.1. The van der Waals surface area contributed by atoms with Gasteiger partial charge in [0, 0.05) is 20.1 Å². The van der Waals surface area contributed by atoms with E-state index in [2.05, 4.69) is 6.58 Å². The standard InChI is InChI=1S/C17H24O3/c1-12(2)11-15(14-9-7-6-8-10-14)16(13(3)18)17(19-4)20-5/h6-10,15-17H,1,11H2,2-5H3. The number of carbonyl (C=O) groups is 1. The van der Waals surface area contributed by atoms with Gasteiger partial charge >= 0.3 is 0 Å². The van der Waals surface area contributed by atoms with Gasteiger partial charge in [-0.1, -0.05) is 35.9 Å². The van der Waals surface area contributed by atoms with E-state index in [1.165, 1.54) is 0 Å². The van der Waals surface area contributed by atoms with Crippen molar-refractivity contribution in [2.45, 2.75) is 32.5 Å². The molecule has 20 heavy (non-hydrogen) atoms. The van der Waals surface area contributed by atoms with E-state index >= 15 is 0 Å². The molecule has 0 bridgehead atoms. The average Bonchev–Trinajstić information content (AvgIpc) is 2.43. The third-order valence-electron chi connectivity index (χ3n) is 3.46. The van der Waals surface area contributed by atoms with Crippen LogP contribution in [-0.2, 0) is 14.3 Å². The summed E-state index contributed by atoms with van der Waals surface area (Å²) in [7, 11) is 3.12. The van der Waals surface area contributed by atoms with Crippen LogP contribution in [0, 0.1) is 5.92 Å². The van der Waals surface area contributed by atoms with E-state index in [0.29, 0.717) is 0 Å². The van der Waals surface area contributed by atoms with Crippen LogP contribution in [0.15, 0.2) is 42.5 Å². The van der Waals surface area contributed by atoms with Crippen LogP contribution in [0.3, 0.4) is 0 Å². The third kappa shape index (κ3) is 4.29. The van der Waals surface area contributed by atoms with Crippen molar-refractivity contribution in [1.82, 2.24) is 0 Å². The first-order valence-electron chi connectivity index (χ1n) is 6.76. The van der Waals surface area contributed by atoms with Crippen molar-refractivity contribution < 1.29 is 14.3 Å². The van der Waals surface area contributed by atoms with E-state index in [4.69, 9.17) is 9.47 Å². The zero-order valence-electron chi connectivity index (χ0n) is 12.8. The van der Waals surface area contributed by atoms with Crippen molar-refractivity contribution in [3.63, 3.8) is 0 Å². The molecule has 0 heterocycles. The Hall–Kier alpha value is -1.45. The number of ketones is 1. The summed E-state index contributed by atoms with van der Waals surface area (Å²) >= 11 is 0. The highest BCUT2D eigenvalue weighted by molar-refractivity contribution is 5.80. The Morgan fingerprint density at radius 3 is 2.10 bits per heavy atom. The highest BCUT2D eigenvalue weighted by atomic mass is 16.7. The van der Waals surface area contributed by atoms with Gasteiger partial charge in [0.15, 0.2) is 6.29 Å². The van der Waals surface area contributed by atoms with E-state index < -0.39 is 6.29 Å². The molecule has 3 heteroatoms. The first kappa shape index (κ1) is 16.6. The molecule has 1 aromatic carbocycles. The Bertz CT molecular complexity index is 435. The average molecular weight is 276 g/mol. The van der Waals surface area contributed by atoms with Gasteiger partial charge in [0.25, 0.3) is 0 Å². The van der Waals surface area contributed by atoms with Crippen LogP contribution in [0.4, 0.5) is 0 Å². The van der Waals surface area contributed by atoms with Crippen molar-refractivity contribution in [2.75, 3.05) is 14.2 Å². The SMILES string of the molecule is C=C(C)CC(c1ccccc1)C(C(C)=O)C(OC)OC. The lowest BCUT2D eigenvalue weighted by molar-refractivity contribution is -0.158. The van der Waals surface area contributed by atoms with Crippen molar-refractivity contribution in [1.29, 1.82) is 0 Å². The Morgan fingerprint density at radius 2 is 1.70 bits per heavy atom. The predicted molar refractivity (Wildman–Crippen MR) is 80.6 cm³/mol. The van der Waals surface area contributed by atoms with E-state index in [0.717, 1.165) is 17.6 Å². The number of hydrogen-bond donors (Lipinski definition) is 0. The summed E-state index contributed by atoms with van der Waals surface area (Å²) in [4.78, 5) is 12.1. The number of carbonyl (C=O) groups excluding carboxylic acids is 1. The number of Topliss-reactive ketones (excluding diaryl/α,β-unsaturated/α-hetero) is 1. The molecule has 0 saturated carbocycles. The summed E-state index contributed by atoms with van der Waals surface area (Å²) in [5.41, 5.74) is 2.14. The maximum absolute atomic E-state index is 12.1. The number of hydrogen-bond acceptors (Lipinski definition) is 3.